The van der Waals surface area contributed by atoms with Crippen LogP contribution in [0.4, 0.5) is 5.69 Å². The number of hydrogen-bond acceptors (Lipinski definition) is 5. The van der Waals surface area contributed by atoms with Gasteiger partial charge in [0.15, 0.2) is 0 Å². The minimum absolute atomic E-state index is 0.249. The number of hydrogen-bond donors (Lipinski definition) is 1. The fourth-order valence-electron chi connectivity index (χ4n) is 3.65. The monoisotopic (exact) mass is 456 g/mol. The van der Waals surface area contributed by atoms with Gasteiger partial charge in [0.2, 0.25) is 0 Å². The standard InChI is InChI=1S/C27H28N4O3/c1-3-30(4-2)16-17-34-27(33)21-10-12-23(13-11-21)28-26(32)22-14-15-31-19-24(29-25(31)18-22)20-8-6-5-7-9-20/h5-15,18-19H,3-4,16-17H2,1-2H3,(H,28,32). The summed E-state index contributed by atoms with van der Waals surface area (Å²) >= 11 is 0. The number of likely N-dealkylation sites (N-methyl/N-ethyl adjacent to an activating group) is 1. The van der Waals surface area contributed by atoms with Crippen molar-refractivity contribution < 1.29 is 14.3 Å². The van der Waals surface area contributed by atoms with Crippen LogP contribution in [-0.2, 0) is 4.74 Å². The minimum Gasteiger partial charge on any atom is -0.461 e. The van der Waals surface area contributed by atoms with E-state index in [1.165, 1.54) is 0 Å². The smallest absolute Gasteiger partial charge is 0.338 e. The molecule has 34 heavy (non-hydrogen) atoms. The Morgan fingerprint density at radius 3 is 2.41 bits per heavy atom. The van der Waals surface area contributed by atoms with Crippen molar-refractivity contribution in [3.8, 4) is 11.3 Å². The highest BCUT2D eigenvalue weighted by Gasteiger charge is 2.12. The van der Waals surface area contributed by atoms with Crippen LogP contribution in [0.5, 0.6) is 0 Å². The van der Waals surface area contributed by atoms with Gasteiger partial charge in [0.25, 0.3) is 5.91 Å². The number of carbonyl (C=O) groups excluding carboxylic acids is 2. The van der Waals surface area contributed by atoms with E-state index in [0.29, 0.717) is 35.6 Å². The van der Waals surface area contributed by atoms with Crippen LogP contribution in [0.25, 0.3) is 16.9 Å². The number of esters is 1. The van der Waals surface area contributed by atoms with Crippen molar-refractivity contribution in [2.45, 2.75) is 13.8 Å². The van der Waals surface area contributed by atoms with Crippen LogP contribution in [0.15, 0.2) is 79.1 Å². The first kappa shape index (κ1) is 23.2. The van der Waals surface area contributed by atoms with Gasteiger partial charge in [-0.3, -0.25) is 4.79 Å². The van der Waals surface area contributed by atoms with E-state index >= 15 is 0 Å². The number of amides is 1. The molecule has 0 radical (unpaired) electrons. The fraction of sp³-hybridized carbons (Fsp3) is 0.222. The quantitative estimate of drug-likeness (QED) is 0.368. The summed E-state index contributed by atoms with van der Waals surface area (Å²) in [4.78, 5) is 31.8. The Morgan fingerprint density at radius 2 is 1.71 bits per heavy atom. The molecule has 0 aliphatic carbocycles. The normalized spacial score (nSPS) is 11.0. The molecular weight excluding hydrogens is 428 g/mol. The molecule has 1 amide bonds. The molecule has 2 aromatic heterocycles. The van der Waals surface area contributed by atoms with Crippen LogP contribution in [0.1, 0.15) is 34.6 Å². The summed E-state index contributed by atoms with van der Waals surface area (Å²) in [5.41, 5.74) is 4.09. The minimum atomic E-state index is -0.371. The summed E-state index contributed by atoms with van der Waals surface area (Å²) in [5, 5.41) is 2.87. The lowest BCUT2D eigenvalue weighted by Crippen LogP contribution is -2.27. The average Bonchev–Trinajstić information content (AvgIpc) is 3.31. The average molecular weight is 457 g/mol. The van der Waals surface area contributed by atoms with E-state index in [1.807, 2.05) is 47.1 Å². The van der Waals surface area contributed by atoms with Gasteiger partial charge in [0, 0.05) is 35.8 Å². The molecule has 0 unspecified atom stereocenters. The maximum Gasteiger partial charge on any atom is 0.338 e. The molecule has 1 N–H and O–H groups in total. The summed E-state index contributed by atoms with van der Waals surface area (Å²) in [6.07, 6.45) is 3.76. The van der Waals surface area contributed by atoms with E-state index in [0.717, 1.165) is 24.3 Å². The zero-order chi connectivity index (χ0) is 23.9. The molecule has 7 nitrogen and oxygen atoms in total. The van der Waals surface area contributed by atoms with Gasteiger partial charge in [-0.25, -0.2) is 9.78 Å². The molecule has 4 rings (SSSR count). The van der Waals surface area contributed by atoms with E-state index in [2.05, 4.69) is 29.0 Å². The van der Waals surface area contributed by atoms with Crippen molar-refractivity contribution in [3.05, 3.63) is 90.3 Å². The Morgan fingerprint density at radius 1 is 0.971 bits per heavy atom. The second-order valence-electron chi connectivity index (χ2n) is 7.87. The van der Waals surface area contributed by atoms with E-state index in [4.69, 9.17) is 4.74 Å². The first-order valence-electron chi connectivity index (χ1n) is 11.4. The van der Waals surface area contributed by atoms with Gasteiger partial charge in [-0.2, -0.15) is 0 Å². The largest absolute Gasteiger partial charge is 0.461 e. The fourth-order valence-corrected chi connectivity index (χ4v) is 3.65. The second-order valence-corrected chi connectivity index (χ2v) is 7.87. The SMILES string of the molecule is CCN(CC)CCOC(=O)c1ccc(NC(=O)c2ccn3cc(-c4ccccc4)nc3c2)cc1. The highest BCUT2D eigenvalue weighted by molar-refractivity contribution is 6.05. The van der Waals surface area contributed by atoms with Gasteiger partial charge in [-0.1, -0.05) is 44.2 Å². The number of fused-ring (bicyclic) bond motifs is 1. The predicted molar refractivity (Wildman–Crippen MR) is 133 cm³/mol. The number of anilines is 1. The van der Waals surface area contributed by atoms with Gasteiger partial charge < -0.3 is 19.4 Å². The number of nitrogens with one attached hydrogen (secondary N) is 1. The van der Waals surface area contributed by atoms with Gasteiger partial charge in [-0.05, 0) is 49.5 Å². The maximum atomic E-state index is 12.8. The lowest BCUT2D eigenvalue weighted by molar-refractivity contribution is 0.0466. The van der Waals surface area contributed by atoms with E-state index < -0.39 is 0 Å². The molecule has 0 aliphatic heterocycles. The lowest BCUT2D eigenvalue weighted by Gasteiger charge is -2.17. The van der Waals surface area contributed by atoms with Crippen LogP contribution in [0.2, 0.25) is 0 Å². The highest BCUT2D eigenvalue weighted by Crippen LogP contribution is 2.20. The van der Waals surface area contributed by atoms with Gasteiger partial charge in [0.1, 0.15) is 12.3 Å². The number of nitrogens with zero attached hydrogens (tertiary/aromatic N) is 3. The Kier molecular flexibility index (Phi) is 7.34. The van der Waals surface area contributed by atoms with Crippen molar-refractivity contribution in [1.82, 2.24) is 14.3 Å². The Labute approximate surface area is 199 Å². The molecule has 0 saturated heterocycles. The molecular formula is C27H28N4O3. The molecule has 0 fully saturated rings. The van der Waals surface area contributed by atoms with Crippen LogP contribution in [0.3, 0.4) is 0 Å². The maximum absolute atomic E-state index is 12.8. The second kappa shape index (κ2) is 10.8. The molecule has 0 bridgehead atoms. The number of carbonyl (C=O) groups is 2. The van der Waals surface area contributed by atoms with Crippen molar-refractivity contribution in [2.75, 3.05) is 31.6 Å². The topological polar surface area (TPSA) is 75.9 Å². The van der Waals surface area contributed by atoms with Crippen molar-refractivity contribution in [1.29, 1.82) is 0 Å². The summed E-state index contributed by atoms with van der Waals surface area (Å²) in [5.74, 6) is -0.620. The summed E-state index contributed by atoms with van der Waals surface area (Å²) in [6.45, 7) is 7.05. The molecule has 0 atom stereocenters. The van der Waals surface area contributed by atoms with Crippen molar-refractivity contribution in [2.24, 2.45) is 0 Å². The Balaban J connectivity index is 1.38. The number of ether oxygens (including phenoxy) is 1. The van der Waals surface area contributed by atoms with E-state index in [9.17, 15) is 9.59 Å². The van der Waals surface area contributed by atoms with Crippen LogP contribution in [0, 0.1) is 0 Å². The molecule has 0 saturated carbocycles. The van der Waals surface area contributed by atoms with Crippen molar-refractivity contribution >= 4 is 23.2 Å². The molecule has 2 heterocycles. The highest BCUT2D eigenvalue weighted by atomic mass is 16.5. The number of aromatic nitrogens is 2. The van der Waals surface area contributed by atoms with E-state index in [-0.39, 0.29) is 11.9 Å². The van der Waals surface area contributed by atoms with Crippen LogP contribution in [-0.4, -0.2) is 52.4 Å². The third-order valence-electron chi connectivity index (χ3n) is 5.71. The number of benzene rings is 2. The third kappa shape index (κ3) is 5.50. The van der Waals surface area contributed by atoms with Gasteiger partial charge >= 0.3 is 5.97 Å². The molecule has 2 aromatic carbocycles. The predicted octanol–water partition coefficient (Wildman–Crippen LogP) is 4.75. The summed E-state index contributed by atoms with van der Waals surface area (Å²) in [7, 11) is 0. The summed E-state index contributed by atoms with van der Waals surface area (Å²) in [6, 6.07) is 20.1. The number of pyridine rings is 1. The first-order valence-corrected chi connectivity index (χ1v) is 11.4. The molecule has 0 aliphatic rings. The van der Waals surface area contributed by atoms with Gasteiger partial charge in [0.05, 0.1) is 11.3 Å². The third-order valence-corrected chi connectivity index (χ3v) is 5.71. The lowest BCUT2D eigenvalue weighted by atomic mass is 10.2. The zero-order valence-corrected chi connectivity index (χ0v) is 19.4. The zero-order valence-electron chi connectivity index (χ0n) is 19.4. The van der Waals surface area contributed by atoms with Crippen LogP contribution < -0.4 is 5.32 Å². The Bertz CT molecular complexity index is 1260. The molecule has 7 heteroatoms. The van der Waals surface area contributed by atoms with Crippen molar-refractivity contribution in [3.63, 3.8) is 0 Å². The van der Waals surface area contributed by atoms with Crippen LogP contribution >= 0.6 is 0 Å². The molecule has 174 valence electrons. The number of rotatable bonds is 9. The summed E-state index contributed by atoms with van der Waals surface area (Å²) < 4.78 is 7.24. The van der Waals surface area contributed by atoms with E-state index in [1.54, 1.807) is 36.4 Å². The molecule has 4 aromatic rings. The van der Waals surface area contributed by atoms with Gasteiger partial charge in [-0.15, -0.1) is 0 Å². The molecule has 0 spiro atoms. The first-order chi connectivity index (χ1) is 16.6. The Hall–Kier alpha value is -3.97. The number of imidazole rings is 1.